The highest BCUT2D eigenvalue weighted by atomic mass is 15.2. The van der Waals surface area contributed by atoms with Crippen molar-refractivity contribution in [2.45, 2.75) is 41.5 Å². The maximum Gasteiger partial charge on any atom is 0.0492 e. The van der Waals surface area contributed by atoms with Crippen molar-refractivity contribution < 1.29 is 0 Å². The fourth-order valence-corrected chi connectivity index (χ4v) is 8.85. The molecule has 314 valence electrons. The summed E-state index contributed by atoms with van der Waals surface area (Å²) in [5, 5.41) is 0. The molecular weight excluding hydrogens is 777 g/mol. The summed E-state index contributed by atoms with van der Waals surface area (Å²) in [5.41, 5.74) is 20.5. The molecular formula is C60H54N4. The molecule has 9 aromatic rings. The van der Waals surface area contributed by atoms with Gasteiger partial charge in [-0.25, -0.2) is 0 Å². The first-order chi connectivity index (χ1) is 31.2. The van der Waals surface area contributed by atoms with Crippen molar-refractivity contribution in [3.8, 4) is 0 Å². The number of rotatable bonds is 12. The van der Waals surface area contributed by atoms with Crippen molar-refractivity contribution in [2.75, 3.05) is 19.6 Å². The summed E-state index contributed by atoms with van der Waals surface area (Å²) in [6.45, 7) is 13.2. The molecule has 4 nitrogen and oxygen atoms in total. The minimum Gasteiger partial charge on any atom is -0.310 e. The third-order valence-corrected chi connectivity index (χ3v) is 11.9. The lowest BCUT2D eigenvalue weighted by atomic mass is 10.0. The van der Waals surface area contributed by atoms with E-state index < -0.39 is 0 Å². The third-order valence-electron chi connectivity index (χ3n) is 11.9. The van der Waals surface area contributed by atoms with Crippen LogP contribution in [0.3, 0.4) is 0 Å². The van der Waals surface area contributed by atoms with E-state index in [4.69, 9.17) is 0 Å². The molecule has 64 heavy (non-hydrogen) atoms. The van der Waals surface area contributed by atoms with Crippen LogP contribution in [0.4, 0.5) is 68.2 Å². The molecule has 0 aliphatic carbocycles. The van der Waals surface area contributed by atoms with E-state index in [0.717, 1.165) is 84.9 Å². The van der Waals surface area contributed by atoms with Gasteiger partial charge in [-0.3, -0.25) is 0 Å². The van der Waals surface area contributed by atoms with Crippen molar-refractivity contribution in [1.29, 1.82) is 0 Å². The zero-order valence-electron chi connectivity index (χ0n) is 37.6. The number of hydrogen-bond donors (Lipinski definition) is 0. The highest BCUT2D eigenvalue weighted by Crippen LogP contribution is 2.46. The molecule has 0 atom stereocenters. The average molecular weight is 831 g/mol. The molecule has 9 rings (SSSR count). The maximum absolute atomic E-state index is 2.45. The minimum atomic E-state index is 1.10. The van der Waals surface area contributed by atoms with Crippen LogP contribution < -0.4 is 19.6 Å². The summed E-state index contributed by atoms with van der Waals surface area (Å²) in [4.78, 5) is 9.50. The smallest absolute Gasteiger partial charge is 0.0492 e. The molecule has 0 radical (unpaired) electrons. The Bertz CT molecular complexity index is 2700. The van der Waals surface area contributed by atoms with Crippen LogP contribution in [0.15, 0.2) is 218 Å². The van der Waals surface area contributed by atoms with Crippen LogP contribution in [0.2, 0.25) is 0 Å². The standard InChI is InChI=1S/C60H54N4/c1-43-19-16-28-52(37-43)61(49-22-10-7-11-23-49)55-31-34-58(46(4)40-55)64(59-35-32-56(41-47(59)5)62(50-24-12-8-13-25-50)53-29-17-20-44(2)38-53)60-36-33-57(42-48(60)6)63(51-26-14-9-15-27-51)54-30-18-21-45(3)39-54/h7-42H,1-6H3. The Morgan fingerprint density at radius 2 is 0.453 bits per heavy atom. The van der Waals surface area contributed by atoms with Crippen molar-refractivity contribution in [3.63, 3.8) is 0 Å². The van der Waals surface area contributed by atoms with E-state index in [0.29, 0.717) is 0 Å². The molecule has 0 saturated heterocycles. The van der Waals surface area contributed by atoms with Crippen molar-refractivity contribution in [2.24, 2.45) is 0 Å². The number of benzene rings is 9. The number of nitrogens with zero attached hydrogens (tertiary/aromatic N) is 4. The number of anilines is 12. The van der Waals surface area contributed by atoms with E-state index in [1.807, 2.05) is 0 Å². The molecule has 0 aliphatic heterocycles. The van der Waals surface area contributed by atoms with Crippen LogP contribution >= 0.6 is 0 Å². The molecule has 0 aliphatic rings. The highest BCUT2D eigenvalue weighted by molar-refractivity contribution is 5.88. The van der Waals surface area contributed by atoms with E-state index in [1.165, 1.54) is 16.7 Å². The van der Waals surface area contributed by atoms with Gasteiger partial charge in [0, 0.05) is 68.2 Å². The predicted molar refractivity (Wildman–Crippen MR) is 274 cm³/mol. The van der Waals surface area contributed by atoms with Gasteiger partial charge in [0.05, 0.1) is 0 Å². The summed E-state index contributed by atoms with van der Waals surface area (Å²) < 4.78 is 0. The summed E-state index contributed by atoms with van der Waals surface area (Å²) in [6.07, 6.45) is 0. The zero-order valence-corrected chi connectivity index (χ0v) is 37.6. The van der Waals surface area contributed by atoms with Crippen molar-refractivity contribution in [1.82, 2.24) is 0 Å². The normalized spacial score (nSPS) is 11.0. The third kappa shape index (κ3) is 8.64. The first kappa shape index (κ1) is 41.5. The quantitative estimate of drug-likeness (QED) is 0.122. The molecule has 0 heterocycles. The SMILES string of the molecule is Cc1cccc(N(c2ccccc2)c2ccc(N(c3ccc(N(c4ccccc4)c4cccc(C)c4)cc3C)c3ccc(N(c4ccccc4)c4cccc(C)c4)cc3C)c(C)c2)c1. The van der Waals surface area contributed by atoms with Gasteiger partial charge in [-0.2, -0.15) is 0 Å². The van der Waals surface area contributed by atoms with Crippen LogP contribution in [0.5, 0.6) is 0 Å². The number of hydrogen-bond acceptors (Lipinski definition) is 4. The lowest BCUT2D eigenvalue weighted by Crippen LogP contribution is -2.17. The van der Waals surface area contributed by atoms with Gasteiger partial charge in [0.15, 0.2) is 0 Å². The van der Waals surface area contributed by atoms with Crippen molar-refractivity contribution >= 4 is 68.2 Å². The van der Waals surface area contributed by atoms with Crippen LogP contribution in [0.1, 0.15) is 33.4 Å². The Balaban J connectivity index is 1.20. The van der Waals surface area contributed by atoms with Crippen LogP contribution in [-0.2, 0) is 0 Å². The molecule has 0 spiro atoms. The van der Waals surface area contributed by atoms with Crippen LogP contribution in [0, 0.1) is 41.5 Å². The van der Waals surface area contributed by atoms with Gasteiger partial charge >= 0.3 is 0 Å². The largest absolute Gasteiger partial charge is 0.310 e. The minimum absolute atomic E-state index is 1.10. The van der Waals surface area contributed by atoms with Crippen LogP contribution in [0.25, 0.3) is 0 Å². The fraction of sp³-hybridized carbons (Fsp3) is 0.100. The molecule has 0 amide bonds. The molecule has 0 aromatic heterocycles. The molecule has 0 fully saturated rings. The Labute approximate surface area is 379 Å². The summed E-state index contributed by atoms with van der Waals surface area (Å²) in [6, 6.07) is 78.8. The molecule has 0 N–H and O–H groups in total. The highest BCUT2D eigenvalue weighted by Gasteiger charge is 2.24. The van der Waals surface area contributed by atoms with Gasteiger partial charge in [-0.1, -0.05) is 91.0 Å². The average Bonchev–Trinajstić information content (AvgIpc) is 3.30. The van der Waals surface area contributed by atoms with Gasteiger partial charge in [-0.05, 0) is 202 Å². The van der Waals surface area contributed by atoms with Crippen molar-refractivity contribution in [3.05, 3.63) is 252 Å². The Hall–Kier alpha value is -7.82. The van der Waals surface area contributed by atoms with E-state index in [9.17, 15) is 0 Å². The lowest BCUT2D eigenvalue weighted by molar-refractivity contribution is 1.18. The lowest BCUT2D eigenvalue weighted by Gasteiger charge is -2.33. The van der Waals surface area contributed by atoms with Gasteiger partial charge in [-0.15, -0.1) is 0 Å². The van der Waals surface area contributed by atoms with Gasteiger partial charge in [0.2, 0.25) is 0 Å². The van der Waals surface area contributed by atoms with E-state index >= 15 is 0 Å². The predicted octanol–water partition coefficient (Wildman–Crippen LogP) is 17.4. The van der Waals surface area contributed by atoms with Gasteiger partial charge < -0.3 is 19.6 Å². The molecule has 9 aromatic carbocycles. The Morgan fingerprint density at radius 1 is 0.203 bits per heavy atom. The van der Waals surface area contributed by atoms with Crippen LogP contribution in [-0.4, -0.2) is 0 Å². The zero-order chi connectivity index (χ0) is 44.2. The number of para-hydroxylation sites is 3. The molecule has 4 heteroatoms. The number of aryl methyl sites for hydroxylation is 6. The summed E-state index contributed by atoms with van der Waals surface area (Å²) >= 11 is 0. The second-order valence-electron chi connectivity index (χ2n) is 16.8. The first-order valence-electron chi connectivity index (χ1n) is 22.1. The maximum atomic E-state index is 2.45. The second kappa shape index (κ2) is 18.3. The Morgan fingerprint density at radius 3 is 0.703 bits per heavy atom. The topological polar surface area (TPSA) is 13.0 Å². The van der Waals surface area contributed by atoms with Gasteiger partial charge in [0.1, 0.15) is 0 Å². The molecule has 0 unspecified atom stereocenters. The first-order valence-corrected chi connectivity index (χ1v) is 22.1. The summed E-state index contributed by atoms with van der Waals surface area (Å²) in [7, 11) is 0. The monoisotopic (exact) mass is 830 g/mol. The molecule has 0 bridgehead atoms. The fourth-order valence-electron chi connectivity index (χ4n) is 8.85. The van der Waals surface area contributed by atoms with Gasteiger partial charge in [0.25, 0.3) is 0 Å². The van der Waals surface area contributed by atoms with E-state index in [2.05, 4.69) is 280 Å². The second-order valence-corrected chi connectivity index (χ2v) is 16.8. The Kier molecular flexibility index (Phi) is 11.8. The van der Waals surface area contributed by atoms with E-state index in [-0.39, 0.29) is 0 Å². The molecule has 0 saturated carbocycles. The summed E-state index contributed by atoms with van der Waals surface area (Å²) in [5.74, 6) is 0. The van der Waals surface area contributed by atoms with E-state index in [1.54, 1.807) is 0 Å².